The predicted molar refractivity (Wildman–Crippen MR) is 95.6 cm³/mol. The van der Waals surface area contributed by atoms with Gasteiger partial charge in [0.25, 0.3) is 11.5 Å². The fourth-order valence-corrected chi connectivity index (χ4v) is 4.18. The maximum Gasteiger partial charge on any atom is 0.333 e. The minimum absolute atomic E-state index is 0.0186. The van der Waals surface area contributed by atoms with Gasteiger partial charge in [-0.2, -0.15) is 0 Å². The van der Waals surface area contributed by atoms with E-state index in [9.17, 15) is 14.4 Å². The number of aromatic nitrogens is 3. The van der Waals surface area contributed by atoms with Gasteiger partial charge in [-0.15, -0.1) is 0 Å². The number of amides is 1. The number of nitrogens with one attached hydrogen (secondary N) is 1. The lowest BCUT2D eigenvalue weighted by atomic mass is 9.95. The van der Waals surface area contributed by atoms with E-state index in [0.717, 1.165) is 29.4 Å². The van der Waals surface area contributed by atoms with E-state index in [2.05, 4.69) is 9.97 Å². The summed E-state index contributed by atoms with van der Waals surface area (Å²) in [6.07, 6.45) is 4.36. The number of H-pyrrole nitrogens is 1. The molecule has 7 heteroatoms. The molecular formula is C19H16N4O3. The van der Waals surface area contributed by atoms with Crippen molar-refractivity contribution in [3.05, 3.63) is 68.5 Å². The zero-order valence-corrected chi connectivity index (χ0v) is 13.9. The van der Waals surface area contributed by atoms with Gasteiger partial charge in [-0.3, -0.25) is 9.59 Å². The third-order valence-corrected chi connectivity index (χ3v) is 5.31. The summed E-state index contributed by atoms with van der Waals surface area (Å²) in [5.74, 6) is -0.0186. The smallest absolute Gasteiger partial charge is 0.331 e. The van der Waals surface area contributed by atoms with Crippen LogP contribution in [0.3, 0.4) is 0 Å². The van der Waals surface area contributed by atoms with E-state index in [0.29, 0.717) is 23.3 Å². The van der Waals surface area contributed by atoms with Crippen molar-refractivity contribution in [3.63, 3.8) is 0 Å². The van der Waals surface area contributed by atoms with Crippen molar-refractivity contribution in [1.82, 2.24) is 19.4 Å². The van der Waals surface area contributed by atoms with E-state index in [4.69, 9.17) is 0 Å². The fraction of sp³-hybridized carbons (Fsp3) is 0.263. The van der Waals surface area contributed by atoms with Gasteiger partial charge in [-0.25, -0.2) is 14.3 Å². The fourth-order valence-electron chi connectivity index (χ4n) is 4.18. The number of benzene rings is 1. The molecule has 1 fully saturated rings. The molecule has 3 aromatic rings. The molecule has 0 radical (unpaired) electrons. The molecule has 7 nitrogen and oxygen atoms in total. The number of hydrogen-bond acceptors (Lipinski definition) is 4. The largest absolute Gasteiger partial charge is 0.333 e. The Hall–Kier alpha value is -3.22. The average molecular weight is 348 g/mol. The molecule has 1 saturated heterocycles. The normalized spacial score (nSPS) is 18.8. The van der Waals surface area contributed by atoms with Crippen LogP contribution in [0.5, 0.6) is 0 Å². The minimum Gasteiger partial charge on any atom is -0.331 e. The Bertz CT molecular complexity index is 1180. The molecule has 1 unspecified atom stereocenters. The summed E-state index contributed by atoms with van der Waals surface area (Å²) in [7, 11) is 0. The lowest BCUT2D eigenvalue weighted by Crippen LogP contribution is -2.36. The van der Waals surface area contributed by atoms with Gasteiger partial charge < -0.3 is 9.88 Å². The number of nitrogens with zero attached hydrogens (tertiary/aromatic N) is 3. The van der Waals surface area contributed by atoms with Gasteiger partial charge in [-0.05, 0) is 43.5 Å². The molecular weight excluding hydrogens is 332 g/mol. The highest BCUT2D eigenvalue weighted by Crippen LogP contribution is 2.42. The Balaban J connectivity index is 1.83. The van der Waals surface area contributed by atoms with Gasteiger partial charge in [0.15, 0.2) is 5.52 Å². The Morgan fingerprint density at radius 3 is 2.85 bits per heavy atom. The molecule has 1 atom stereocenters. The van der Waals surface area contributed by atoms with Gasteiger partial charge in [-0.1, -0.05) is 6.07 Å². The topological polar surface area (TPSA) is 88.1 Å². The van der Waals surface area contributed by atoms with Gasteiger partial charge in [0.05, 0.1) is 17.2 Å². The maximum atomic E-state index is 13.0. The van der Waals surface area contributed by atoms with E-state index < -0.39 is 11.2 Å². The van der Waals surface area contributed by atoms with Crippen LogP contribution in [0, 0.1) is 0 Å². The van der Waals surface area contributed by atoms with Crippen LogP contribution in [0.1, 0.15) is 41.2 Å². The first-order chi connectivity index (χ1) is 12.7. The van der Waals surface area contributed by atoms with Crippen molar-refractivity contribution in [2.75, 3.05) is 6.54 Å². The second kappa shape index (κ2) is 5.39. The van der Waals surface area contributed by atoms with Crippen LogP contribution >= 0.6 is 0 Å². The highest BCUT2D eigenvalue weighted by atomic mass is 16.2. The number of rotatable bonds is 1. The summed E-state index contributed by atoms with van der Waals surface area (Å²) >= 11 is 0. The van der Waals surface area contributed by atoms with E-state index in [-0.39, 0.29) is 17.5 Å². The number of carbonyl (C=O) groups excluding carboxylic acids is 1. The van der Waals surface area contributed by atoms with Gasteiger partial charge in [0, 0.05) is 23.9 Å². The summed E-state index contributed by atoms with van der Waals surface area (Å²) in [6.45, 7) is 0.710. The van der Waals surface area contributed by atoms with Crippen LogP contribution in [-0.4, -0.2) is 31.9 Å². The number of piperidine rings is 1. The summed E-state index contributed by atoms with van der Waals surface area (Å²) < 4.78 is 1.11. The van der Waals surface area contributed by atoms with Gasteiger partial charge in [0.2, 0.25) is 0 Å². The Kier molecular flexibility index (Phi) is 3.12. The van der Waals surface area contributed by atoms with Crippen molar-refractivity contribution in [1.29, 1.82) is 0 Å². The van der Waals surface area contributed by atoms with Crippen LogP contribution in [0.15, 0.2) is 46.1 Å². The quantitative estimate of drug-likeness (QED) is 0.726. The molecule has 2 aromatic heterocycles. The molecule has 1 N–H and O–H groups in total. The monoisotopic (exact) mass is 348 g/mol. The van der Waals surface area contributed by atoms with Crippen molar-refractivity contribution in [2.45, 2.75) is 25.3 Å². The summed E-state index contributed by atoms with van der Waals surface area (Å²) in [5.41, 5.74) is 1.45. The average Bonchev–Trinajstić information content (AvgIpc) is 2.96. The molecule has 26 heavy (non-hydrogen) atoms. The molecule has 0 saturated carbocycles. The second-order valence-corrected chi connectivity index (χ2v) is 6.72. The van der Waals surface area contributed by atoms with Crippen molar-refractivity contribution >= 4 is 16.9 Å². The van der Waals surface area contributed by atoms with E-state index in [1.165, 1.54) is 6.20 Å². The number of hydrogen-bond donors (Lipinski definition) is 1. The van der Waals surface area contributed by atoms with Crippen LogP contribution in [0.4, 0.5) is 0 Å². The van der Waals surface area contributed by atoms with Crippen LogP contribution in [0.2, 0.25) is 0 Å². The lowest BCUT2D eigenvalue weighted by Gasteiger charge is -2.30. The molecule has 2 aliphatic rings. The van der Waals surface area contributed by atoms with Crippen molar-refractivity contribution < 1.29 is 4.79 Å². The first kappa shape index (κ1) is 15.1. The first-order valence-electron chi connectivity index (χ1n) is 8.71. The molecule has 130 valence electrons. The highest BCUT2D eigenvalue weighted by Gasteiger charge is 2.40. The van der Waals surface area contributed by atoms with Crippen LogP contribution < -0.4 is 11.2 Å². The third kappa shape index (κ3) is 1.94. The number of carbonyl (C=O) groups is 1. The van der Waals surface area contributed by atoms with Crippen LogP contribution in [-0.2, 0) is 0 Å². The predicted octanol–water partition coefficient (Wildman–Crippen LogP) is 1.75. The zero-order valence-electron chi connectivity index (χ0n) is 13.9. The number of aromatic amines is 1. The first-order valence-corrected chi connectivity index (χ1v) is 8.71. The Morgan fingerprint density at radius 2 is 1.96 bits per heavy atom. The maximum absolute atomic E-state index is 13.0. The SMILES string of the molecule is O=C1c2cccc(-n3c(=O)[nH]c4cccnc4c3=O)c2C2CCCCN12. The molecule has 5 rings (SSSR count). The molecule has 4 heterocycles. The summed E-state index contributed by atoms with van der Waals surface area (Å²) in [5, 5.41) is 0. The summed E-state index contributed by atoms with van der Waals surface area (Å²) in [6, 6.07) is 8.47. The second-order valence-electron chi connectivity index (χ2n) is 6.72. The van der Waals surface area contributed by atoms with E-state index >= 15 is 0 Å². The molecule has 0 bridgehead atoms. The number of pyridine rings is 1. The molecule has 0 spiro atoms. The molecule has 2 aliphatic heterocycles. The van der Waals surface area contributed by atoms with Crippen molar-refractivity contribution in [2.24, 2.45) is 0 Å². The zero-order chi connectivity index (χ0) is 17.8. The highest BCUT2D eigenvalue weighted by molar-refractivity contribution is 6.00. The number of fused-ring (bicyclic) bond motifs is 4. The van der Waals surface area contributed by atoms with E-state index in [1.54, 1.807) is 30.3 Å². The third-order valence-electron chi connectivity index (χ3n) is 5.31. The molecule has 1 amide bonds. The van der Waals surface area contributed by atoms with Gasteiger partial charge >= 0.3 is 5.69 Å². The van der Waals surface area contributed by atoms with Gasteiger partial charge in [0.1, 0.15) is 0 Å². The minimum atomic E-state index is -0.523. The molecule has 1 aromatic carbocycles. The Morgan fingerprint density at radius 1 is 1.08 bits per heavy atom. The van der Waals surface area contributed by atoms with Crippen LogP contribution in [0.25, 0.3) is 16.7 Å². The standard InChI is InChI=1S/C19H16N4O3/c24-17-11-5-3-8-14(15(11)13-7-1-2-10-22(13)17)23-18(25)16-12(21-19(23)26)6-4-9-20-16/h3-6,8-9,13H,1-2,7,10H2,(H,21,26). The Labute approximate surface area is 147 Å². The lowest BCUT2D eigenvalue weighted by molar-refractivity contribution is 0.0672. The molecule has 0 aliphatic carbocycles. The summed E-state index contributed by atoms with van der Waals surface area (Å²) in [4.78, 5) is 47.1. The van der Waals surface area contributed by atoms with Crippen molar-refractivity contribution in [3.8, 4) is 5.69 Å². The van der Waals surface area contributed by atoms with E-state index in [1.807, 2.05) is 4.90 Å².